The van der Waals surface area contributed by atoms with Gasteiger partial charge in [0, 0.05) is 48.3 Å². The Kier molecular flexibility index (Phi) is 10.9. The molecule has 1 saturated carbocycles. The van der Waals surface area contributed by atoms with Crippen LogP contribution in [0, 0.1) is 0 Å². The molecule has 264 valence electrons. The van der Waals surface area contributed by atoms with E-state index in [9.17, 15) is 9.59 Å². The van der Waals surface area contributed by atoms with Crippen LogP contribution in [-0.4, -0.2) is 80.8 Å². The average Bonchev–Trinajstić information content (AvgIpc) is 3.94. The Morgan fingerprint density at radius 3 is 2.70 bits per heavy atom. The normalized spacial score (nSPS) is 20.0. The van der Waals surface area contributed by atoms with Crippen molar-refractivity contribution in [1.82, 2.24) is 35.5 Å². The Hall–Kier alpha value is -4.52. The Bertz CT molecular complexity index is 1780. The van der Waals surface area contributed by atoms with Crippen LogP contribution in [0.3, 0.4) is 0 Å². The number of rotatable bonds is 16. The second kappa shape index (κ2) is 16.0. The van der Waals surface area contributed by atoms with Crippen molar-refractivity contribution in [2.75, 3.05) is 36.6 Å². The third kappa shape index (κ3) is 7.93. The fourth-order valence-corrected chi connectivity index (χ4v) is 8.83. The van der Waals surface area contributed by atoms with Gasteiger partial charge in [0.25, 0.3) is 0 Å². The van der Waals surface area contributed by atoms with Crippen LogP contribution in [0.2, 0.25) is 0 Å². The SMILES string of the molecule is COc1ccc(-c2nn3c(NCCCCNC(=O)CCCCC4SC[C@@H]5NC(=O)N[C@H]45)cccc3c2-c2ccnc(NC3CCCC3)n2)cc1. The summed E-state index contributed by atoms with van der Waals surface area (Å²) in [6.07, 6.45) is 11.8. The topological polar surface area (TPSA) is 147 Å². The van der Waals surface area contributed by atoms with Crippen molar-refractivity contribution in [1.29, 1.82) is 0 Å². The van der Waals surface area contributed by atoms with Gasteiger partial charge in [-0.3, -0.25) is 4.79 Å². The van der Waals surface area contributed by atoms with E-state index in [1.54, 1.807) is 7.11 Å². The van der Waals surface area contributed by atoms with Gasteiger partial charge in [0.2, 0.25) is 11.9 Å². The number of aromatic nitrogens is 4. The number of urea groups is 1. The zero-order valence-corrected chi connectivity index (χ0v) is 29.4. The minimum atomic E-state index is -0.0503. The van der Waals surface area contributed by atoms with Gasteiger partial charge in [0.15, 0.2) is 0 Å². The molecule has 50 heavy (non-hydrogen) atoms. The molecule has 5 N–H and O–H groups in total. The number of pyridine rings is 1. The number of fused-ring (bicyclic) bond motifs is 2. The van der Waals surface area contributed by atoms with E-state index in [4.69, 9.17) is 14.8 Å². The molecule has 3 fully saturated rings. The van der Waals surface area contributed by atoms with Gasteiger partial charge in [-0.15, -0.1) is 0 Å². The molecule has 1 aliphatic carbocycles. The molecule has 13 heteroatoms. The molecule has 1 unspecified atom stereocenters. The number of hydrogen-bond donors (Lipinski definition) is 5. The molecule has 2 aliphatic heterocycles. The lowest BCUT2D eigenvalue weighted by Gasteiger charge is -2.16. The molecule has 3 aromatic heterocycles. The van der Waals surface area contributed by atoms with E-state index in [0.29, 0.717) is 30.2 Å². The van der Waals surface area contributed by atoms with Crippen LogP contribution in [0.4, 0.5) is 16.6 Å². The highest BCUT2D eigenvalue weighted by molar-refractivity contribution is 8.00. The van der Waals surface area contributed by atoms with Gasteiger partial charge in [-0.25, -0.2) is 19.3 Å². The average molecular weight is 698 g/mol. The van der Waals surface area contributed by atoms with Crippen molar-refractivity contribution in [3.63, 3.8) is 0 Å². The summed E-state index contributed by atoms with van der Waals surface area (Å²) in [5.41, 5.74) is 4.53. The lowest BCUT2D eigenvalue weighted by molar-refractivity contribution is -0.121. The third-order valence-electron chi connectivity index (χ3n) is 9.93. The number of anilines is 2. The number of unbranched alkanes of at least 4 members (excludes halogenated alkanes) is 2. The number of carbonyl (C=O) groups is 2. The van der Waals surface area contributed by atoms with Crippen molar-refractivity contribution >= 4 is 41.0 Å². The number of nitrogens with one attached hydrogen (secondary N) is 5. The van der Waals surface area contributed by atoms with E-state index in [2.05, 4.69) is 37.6 Å². The van der Waals surface area contributed by atoms with Crippen molar-refractivity contribution < 1.29 is 14.3 Å². The maximum atomic E-state index is 12.4. The monoisotopic (exact) mass is 697 g/mol. The van der Waals surface area contributed by atoms with Gasteiger partial charge in [-0.2, -0.15) is 16.9 Å². The molecule has 0 bridgehead atoms. The summed E-state index contributed by atoms with van der Waals surface area (Å²) in [7, 11) is 1.67. The van der Waals surface area contributed by atoms with E-state index in [-0.39, 0.29) is 24.0 Å². The largest absolute Gasteiger partial charge is 0.497 e. The number of amides is 3. The number of thioether (sulfide) groups is 1. The van der Waals surface area contributed by atoms with Gasteiger partial charge in [0.1, 0.15) is 17.3 Å². The Labute approximate surface area is 297 Å². The zero-order valence-electron chi connectivity index (χ0n) is 28.6. The molecule has 2 saturated heterocycles. The first-order valence-corrected chi connectivity index (χ1v) is 19.1. The summed E-state index contributed by atoms with van der Waals surface area (Å²) >= 11 is 1.92. The molecule has 7 rings (SSSR count). The molecule has 3 atom stereocenters. The fourth-order valence-electron chi connectivity index (χ4n) is 7.28. The summed E-state index contributed by atoms with van der Waals surface area (Å²) in [5, 5.41) is 21.8. The molecule has 3 amide bonds. The number of benzene rings is 1. The van der Waals surface area contributed by atoms with Crippen LogP contribution in [0.15, 0.2) is 54.7 Å². The highest BCUT2D eigenvalue weighted by Crippen LogP contribution is 2.37. The third-order valence-corrected chi connectivity index (χ3v) is 11.4. The number of methoxy groups -OCH3 is 1. The highest BCUT2D eigenvalue weighted by atomic mass is 32.2. The molecule has 4 aromatic rings. The molecule has 12 nitrogen and oxygen atoms in total. The number of nitrogens with zero attached hydrogens (tertiary/aromatic N) is 4. The van der Waals surface area contributed by atoms with Gasteiger partial charge in [-0.05, 0) is 81.0 Å². The first kappa shape index (κ1) is 34.0. The minimum Gasteiger partial charge on any atom is -0.497 e. The highest BCUT2D eigenvalue weighted by Gasteiger charge is 2.42. The molecule has 0 spiro atoms. The van der Waals surface area contributed by atoms with Crippen molar-refractivity contribution in [2.45, 2.75) is 87.6 Å². The van der Waals surface area contributed by atoms with Crippen LogP contribution in [0.25, 0.3) is 28.0 Å². The van der Waals surface area contributed by atoms with E-state index in [0.717, 1.165) is 96.8 Å². The Morgan fingerprint density at radius 1 is 1.02 bits per heavy atom. The van der Waals surface area contributed by atoms with Crippen molar-refractivity contribution in [3.8, 4) is 28.3 Å². The van der Waals surface area contributed by atoms with Crippen LogP contribution in [0.5, 0.6) is 5.75 Å². The Balaban J connectivity index is 0.940. The lowest BCUT2D eigenvalue weighted by atomic mass is 10.0. The van der Waals surface area contributed by atoms with Crippen LogP contribution in [0.1, 0.15) is 64.2 Å². The van der Waals surface area contributed by atoms with Crippen molar-refractivity contribution in [3.05, 3.63) is 54.7 Å². The maximum absolute atomic E-state index is 12.4. The van der Waals surface area contributed by atoms with E-state index < -0.39 is 0 Å². The van der Waals surface area contributed by atoms with E-state index in [1.165, 1.54) is 12.8 Å². The number of hydrogen-bond acceptors (Lipinski definition) is 9. The molecule has 0 radical (unpaired) electrons. The number of carbonyl (C=O) groups excluding carboxylic acids is 2. The van der Waals surface area contributed by atoms with Crippen LogP contribution < -0.4 is 31.3 Å². The second-order valence-corrected chi connectivity index (χ2v) is 14.7. The second-order valence-electron chi connectivity index (χ2n) is 13.4. The molecule has 5 heterocycles. The lowest BCUT2D eigenvalue weighted by Crippen LogP contribution is -2.36. The van der Waals surface area contributed by atoms with Gasteiger partial charge < -0.3 is 31.3 Å². The summed E-state index contributed by atoms with van der Waals surface area (Å²) in [5.74, 6) is 3.41. The standard InChI is InChI=1S/C37H47N9O3S/c1-49-26-17-15-24(16-18-26)34-33(27-19-22-40-36(42-27)41-25-9-2-3-10-25)29-11-8-13-31(46(29)45-34)38-20-6-7-21-39-32(47)14-5-4-12-30-35-28(23-50-30)43-37(48)44-35/h8,11,13,15-19,22,25,28,30,35,38H,2-7,9-10,12,14,20-21,23H2,1H3,(H,39,47)(H,40,41,42)(H2,43,44,48)/t28-,30?,35-/m0/s1. The predicted octanol–water partition coefficient (Wildman–Crippen LogP) is 5.86. The van der Waals surface area contributed by atoms with Crippen LogP contribution in [-0.2, 0) is 4.79 Å². The first-order valence-electron chi connectivity index (χ1n) is 18.0. The van der Waals surface area contributed by atoms with Crippen LogP contribution >= 0.6 is 11.8 Å². The van der Waals surface area contributed by atoms with E-state index in [1.807, 2.05) is 64.9 Å². The minimum absolute atomic E-state index is 0.0503. The predicted molar refractivity (Wildman–Crippen MR) is 199 cm³/mol. The first-order chi connectivity index (χ1) is 24.6. The summed E-state index contributed by atoms with van der Waals surface area (Å²) in [6, 6.07) is 16.9. The summed E-state index contributed by atoms with van der Waals surface area (Å²) in [4.78, 5) is 33.5. The molecular weight excluding hydrogens is 651 g/mol. The zero-order chi connectivity index (χ0) is 34.3. The fraction of sp³-hybridized carbons (Fsp3) is 0.486. The maximum Gasteiger partial charge on any atom is 0.315 e. The Morgan fingerprint density at radius 2 is 1.86 bits per heavy atom. The summed E-state index contributed by atoms with van der Waals surface area (Å²) in [6.45, 7) is 1.40. The van der Waals surface area contributed by atoms with E-state index >= 15 is 0 Å². The number of ether oxygens (including phenoxy) is 1. The quantitative estimate of drug-likeness (QED) is 0.0718. The molecule has 3 aliphatic rings. The molecular formula is C37H47N9O3S. The summed E-state index contributed by atoms with van der Waals surface area (Å²) < 4.78 is 7.38. The van der Waals surface area contributed by atoms with Gasteiger partial charge in [-0.1, -0.05) is 25.3 Å². The van der Waals surface area contributed by atoms with Crippen molar-refractivity contribution in [2.24, 2.45) is 0 Å². The van der Waals surface area contributed by atoms with Gasteiger partial charge in [0.05, 0.1) is 36.0 Å². The molecule has 1 aromatic carbocycles. The smallest absolute Gasteiger partial charge is 0.315 e. The van der Waals surface area contributed by atoms with Gasteiger partial charge >= 0.3 is 6.03 Å².